The summed E-state index contributed by atoms with van der Waals surface area (Å²) in [4.78, 5) is 24.9. The molecule has 0 unspecified atom stereocenters. The van der Waals surface area contributed by atoms with Gasteiger partial charge in [0, 0.05) is 11.3 Å². The number of Topliss-reactive ketones (excluding diaryl/α,β-unsaturated/α-hetero) is 1. The Morgan fingerprint density at radius 2 is 2.10 bits per heavy atom. The minimum atomic E-state index is -0.628. The molecule has 0 atom stereocenters. The van der Waals surface area contributed by atoms with Crippen molar-refractivity contribution in [3.8, 4) is 0 Å². The van der Waals surface area contributed by atoms with Crippen LogP contribution in [0.4, 0.5) is 4.79 Å². The number of primary amides is 1. The molecule has 0 aliphatic heterocycles. The number of hydrogen-bond donors (Lipinski definition) is 1. The zero-order chi connectivity index (χ0) is 15.1. The standard InChI is InChI=1S/C16H20N2O2/c1-4-9-15(14(5-2)12(3)19)18(16(17)20)13-10-7-6-8-11-13/h4-5,7,9-11H,2,6,8H2,1,3H3,(H2,17,20)/b9-4-,15-14-. The summed E-state index contributed by atoms with van der Waals surface area (Å²) in [6, 6.07) is -0.628. The lowest BCUT2D eigenvalue weighted by Gasteiger charge is -2.25. The fourth-order valence-electron chi connectivity index (χ4n) is 2.02. The van der Waals surface area contributed by atoms with E-state index in [0.717, 1.165) is 12.8 Å². The van der Waals surface area contributed by atoms with E-state index in [-0.39, 0.29) is 5.78 Å². The summed E-state index contributed by atoms with van der Waals surface area (Å²) in [6.45, 7) is 6.89. The quantitative estimate of drug-likeness (QED) is 0.617. The first-order valence-corrected chi connectivity index (χ1v) is 6.49. The van der Waals surface area contributed by atoms with E-state index in [4.69, 9.17) is 5.73 Å². The largest absolute Gasteiger partial charge is 0.351 e. The molecule has 1 aliphatic carbocycles. The molecule has 2 N–H and O–H groups in total. The zero-order valence-electron chi connectivity index (χ0n) is 11.9. The zero-order valence-corrected chi connectivity index (χ0v) is 11.9. The Labute approximate surface area is 119 Å². The van der Waals surface area contributed by atoms with E-state index in [2.05, 4.69) is 6.58 Å². The minimum absolute atomic E-state index is 0.167. The number of nitrogens with zero attached hydrogens (tertiary/aromatic N) is 1. The molecule has 0 saturated heterocycles. The highest BCUT2D eigenvalue weighted by Gasteiger charge is 2.21. The highest BCUT2D eigenvalue weighted by molar-refractivity contribution is 5.98. The predicted octanol–water partition coefficient (Wildman–Crippen LogP) is 3.21. The summed E-state index contributed by atoms with van der Waals surface area (Å²) in [6.07, 6.45) is 12.4. The average Bonchev–Trinajstić information content (AvgIpc) is 2.40. The molecule has 1 aliphatic rings. The van der Waals surface area contributed by atoms with Crippen molar-refractivity contribution in [2.24, 2.45) is 5.73 Å². The van der Waals surface area contributed by atoms with Gasteiger partial charge in [0.1, 0.15) is 0 Å². The maximum atomic E-state index is 11.8. The van der Waals surface area contributed by atoms with E-state index >= 15 is 0 Å². The number of ketones is 1. The highest BCUT2D eigenvalue weighted by Crippen LogP contribution is 2.23. The number of rotatable bonds is 5. The molecular formula is C16H20N2O2. The Kier molecular flexibility index (Phi) is 5.72. The van der Waals surface area contributed by atoms with E-state index in [0.29, 0.717) is 17.0 Å². The smallest absolute Gasteiger partial charge is 0.323 e. The van der Waals surface area contributed by atoms with Crippen LogP contribution in [0.5, 0.6) is 0 Å². The van der Waals surface area contributed by atoms with Gasteiger partial charge in [-0.2, -0.15) is 0 Å². The number of carbonyl (C=O) groups excluding carboxylic acids is 2. The van der Waals surface area contributed by atoms with Gasteiger partial charge < -0.3 is 5.73 Å². The summed E-state index contributed by atoms with van der Waals surface area (Å²) >= 11 is 0. The van der Waals surface area contributed by atoms with Gasteiger partial charge >= 0.3 is 6.03 Å². The molecule has 0 bridgehead atoms. The molecular weight excluding hydrogens is 252 g/mol. The number of hydrogen-bond acceptors (Lipinski definition) is 2. The van der Waals surface area contributed by atoms with Crippen molar-refractivity contribution in [2.45, 2.75) is 26.7 Å². The monoisotopic (exact) mass is 272 g/mol. The van der Waals surface area contributed by atoms with Crippen molar-refractivity contribution in [3.63, 3.8) is 0 Å². The van der Waals surface area contributed by atoms with Crippen LogP contribution in [0.1, 0.15) is 26.7 Å². The van der Waals surface area contributed by atoms with Crippen LogP contribution in [0, 0.1) is 0 Å². The van der Waals surface area contributed by atoms with Crippen molar-refractivity contribution in [1.82, 2.24) is 4.90 Å². The van der Waals surface area contributed by atoms with Gasteiger partial charge in [-0.05, 0) is 38.8 Å². The molecule has 20 heavy (non-hydrogen) atoms. The van der Waals surface area contributed by atoms with Gasteiger partial charge in [-0.15, -0.1) is 0 Å². The molecule has 0 heterocycles. The second-order valence-corrected chi connectivity index (χ2v) is 4.34. The van der Waals surface area contributed by atoms with E-state index in [1.54, 1.807) is 12.2 Å². The van der Waals surface area contributed by atoms with E-state index in [1.807, 2.05) is 25.2 Å². The summed E-state index contributed by atoms with van der Waals surface area (Å²) in [5.74, 6) is -0.167. The van der Waals surface area contributed by atoms with Gasteiger partial charge in [0.2, 0.25) is 0 Å². The van der Waals surface area contributed by atoms with Crippen LogP contribution in [0.15, 0.2) is 60.0 Å². The highest BCUT2D eigenvalue weighted by atomic mass is 16.2. The topological polar surface area (TPSA) is 63.4 Å². The Morgan fingerprint density at radius 1 is 1.40 bits per heavy atom. The molecule has 0 saturated carbocycles. The van der Waals surface area contributed by atoms with Crippen LogP contribution in [0.25, 0.3) is 0 Å². The summed E-state index contributed by atoms with van der Waals surface area (Å²) in [7, 11) is 0. The lowest BCUT2D eigenvalue weighted by atomic mass is 10.1. The van der Waals surface area contributed by atoms with Crippen LogP contribution in [0.2, 0.25) is 0 Å². The molecule has 0 aromatic rings. The van der Waals surface area contributed by atoms with Crippen LogP contribution in [-0.4, -0.2) is 16.7 Å². The number of urea groups is 1. The summed E-state index contributed by atoms with van der Waals surface area (Å²) in [5.41, 5.74) is 6.98. The van der Waals surface area contributed by atoms with Gasteiger partial charge in [-0.3, -0.25) is 9.69 Å². The fraction of sp³-hybridized carbons (Fsp3) is 0.250. The molecule has 0 fully saturated rings. The maximum absolute atomic E-state index is 11.8. The number of allylic oxidation sites excluding steroid dienone is 7. The Hall–Kier alpha value is -2.36. The lowest BCUT2D eigenvalue weighted by Crippen LogP contribution is -2.35. The molecule has 106 valence electrons. The van der Waals surface area contributed by atoms with Gasteiger partial charge in [-0.25, -0.2) is 4.79 Å². The fourth-order valence-corrected chi connectivity index (χ4v) is 2.02. The lowest BCUT2D eigenvalue weighted by molar-refractivity contribution is -0.113. The van der Waals surface area contributed by atoms with Crippen molar-refractivity contribution < 1.29 is 9.59 Å². The molecule has 4 heteroatoms. The first kappa shape index (κ1) is 15.7. The minimum Gasteiger partial charge on any atom is -0.351 e. The molecule has 2 amide bonds. The molecule has 0 spiro atoms. The normalized spacial score (nSPS) is 15.6. The summed E-state index contributed by atoms with van der Waals surface area (Å²) in [5, 5.41) is 0. The van der Waals surface area contributed by atoms with Crippen molar-refractivity contribution in [3.05, 3.63) is 60.0 Å². The van der Waals surface area contributed by atoms with Gasteiger partial charge in [0.15, 0.2) is 5.78 Å². The first-order chi connectivity index (χ1) is 9.52. The van der Waals surface area contributed by atoms with Crippen molar-refractivity contribution >= 4 is 11.8 Å². The number of carbonyl (C=O) groups is 2. The summed E-state index contributed by atoms with van der Waals surface area (Å²) < 4.78 is 0. The van der Waals surface area contributed by atoms with E-state index in [9.17, 15) is 9.59 Å². The van der Waals surface area contributed by atoms with Gasteiger partial charge in [-0.1, -0.05) is 30.9 Å². The Morgan fingerprint density at radius 3 is 2.50 bits per heavy atom. The third-order valence-electron chi connectivity index (χ3n) is 2.88. The van der Waals surface area contributed by atoms with Crippen LogP contribution < -0.4 is 5.73 Å². The first-order valence-electron chi connectivity index (χ1n) is 6.49. The van der Waals surface area contributed by atoms with Crippen LogP contribution >= 0.6 is 0 Å². The van der Waals surface area contributed by atoms with Crippen molar-refractivity contribution in [1.29, 1.82) is 0 Å². The third kappa shape index (κ3) is 3.57. The molecule has 0 aromatic carbocycles. The maximum Gasteiger partial charge on any atom is 0.323 e. The van der Waals surface area contributed by atoms with E-state index in [1.165, 1.54) is 17.9 Å². The second kappa shape index (κ2) is 7.28. The molecule has 4 nitrogen and oxygen atoms in total. The Balaban J connectivity index is 3.44. The molecule has 0 aromatic heterocycles. The van der Waals surface area contributed by atoms with E-state index < -0.39 is 6.03 Å². The van der Waals surface area contributed by atoms with Crippen LogP contribution in [-0.2, 0) is 4.79 Å². The third-order valence-corrected chi connectivity index (χ3v) is 2.88. The number of nitrogens with two attached hydrogens (primary N) is 1. The SMILES string of the molecule is C=C/C(C(C)=O)=C(\C=C/C)N(C(N)=O)C1=CCCC=C1. The molecule has 1 rings (SSSR count). The number of amides is 2. The predicted molar refractivity (Wildman–Crippen MR) is 80.6 cm³/mol. The van der Waals surface area contributed by atoms with Gasteiger partial charge in [0.05, 0.1) is 5.70 Å². The van der Waals surface area contributed by atoms with Gasteiger partial charge in [0.25, 0.3) is 0 Å². The Bertz CT molecular complexity index is 537. The second-order valence-electron chi connectivity index (χ2n) is 4.34. The van der Waals surface area contributed by atoms with Crippen molar-refractivity contribution in [2.75, 3.05) is 0 Å². The molecule has 0 radical (unpaired) electrons. The average molecular weight is 272 g/mol. The van der Waals surface area contributed by atoms with Crippen LogP contribution in [0.3, 0.4) is 0 Å².